The zero-order valence-electron chi connectivity index (χ0n) is 17.7. The molecule has 0 spiro atoms. The average Bonchev–Trinajstić information content (AvgIpc) is 2.74. The van der Waals surface area contributed by atoms with Gasteiger partial charge in [-0.15, -0.1) is 0 Å². The van der Waals surface area contributed by atoms with E-state index in [-0.39, 0.29) is 23.7 Å². The Morgan fingerprint density at radius 2 is 1.52 bits per heavy atom. The first-order valence-electron chi connectivity index (χ1n) is 10.6. The van der Waals surface area contributed by atoms with Gasteiger partial charge in [-0.25, -0.2) is 0 Å². The first kappa shape index (κ1) is 21.1. The molecule has 1 N–H and O–H groups in total. The van der Waals surface area contributed by atoms with Crippen LogP contribution in [0.4, 0.5) is 5.69 Å². The summed E-state index contributed by atoms with van der Waals surface area (Å²) in [5.41, 5.74) is 3.25. The largest absolute Gasteiger partial charge is 0.341 e. The summed E-state index contributed by atoms with van der Waals surface area (Å²) in [6.07, 6.45) is 3.10. The smallest absolute Gasteiger partial charge is 0.227 e. The lowest BCUT2D eigenvalue weighted by atomic mass is 9.81. The van der Waals surface area contributed by atoms with Crippen LogP contribution < -0.4 is 5.32 Å². The second kappa shape index (κ2) is 9.73. The standard InChI is InChI=1S/C25H32N2O2/c1-18(2)20-13-15-23(16-14-20)26-24(28)21-9-11-22(12-10-21)25(29)27(3)17-19-7-5-4-6-8-19/h4-8,13-16,18,21-22H,9-12,17H2,1-3H3,(H,26,28). The Morgan fingerprint density at radius 1 is 0.931 bits per heavy atom. The van der Waals surface area contributed by atoms with E-state index in [0.29, 0.717) is 12.5 Å². The Morgan fingerprint density at radius 3 is 2.10 bits per heavy atom. The maximum Gasteiger partial charge on any atom is 0.227 e. The summed E-state index contributed by atoms with van der Waals surface area (Å²) in [6.45, 7) is 4.95. The van der Waals surface area contributed by atoms with Crippen LogP contribution in [0.25, 0.3) is 0 Å². The third-order valence-electron chi connectivity index (χ3n) is 5.93. The molecule has 0 aliphatic heterocycles. The molecule has 0 heterocycles. The van der Waals surface area contributed by atoms with Gasteiger partial charge in [0.15, 0.2) is 0 Å². The van der Waals surface area contributed by atoms with Crippen molar-refractivity contribution in [2.24, 2.45) is 11.8 Å². The molecule has 0 unspecified atom stereocenters. The van der Waals surface area contributed by atoms with Crippen molar-refractivity contribution in [3.8, 4) is 0 Å². The van der Waals surface area contributed by atoms with Crippen molar-refractivity contribution in [1.82, 2.24) is 4.90 Å². The van der Waals surface area contributed by atoms with Gasteiger partial charge in [-0.1, -0.05) is 56.3 Å². The van der Waals surface area contributed by atoms with Crippen molar-refractivity contribution in [3.05, 3.63) is 65.7 Å². The van der Waals surface area contributed by atoms with Crippen molar-refractivity contribution in [2.45, 2.75) is 52.0 Å². The molecular formula is C25H32N2O2. The van der Waals surface area contributed by atoms with E-state index < -0.39 is 0 Å². The summed E-state index contributed by atoms with van der Waals surface area (Å²) in [4.78, 5) is 27.2. The molecule has 4 nitrogen and oxygen atoms in total. The van der Waals surface area contributed by atoms with Crippen LogP contribution in [0.1, 0.15) is 56.6 Å². The minimum Gasteiger partial charge on any atom is -0.341 e. The zero-order valence-corrected chi connectivity index (χ0v) is 17.7. The number of nitrogens with zero attached hydrogens (tertiary/aromatic N) is 1. The molecule has 0 saturated heterocycles. The van der Waals surface area contributed by atoms with E-state index in [2.05, 4.69) is 31.3 Å². The lowest BCUT2D eigenvalue weighted by Gasteiger charge is -2.30. The van der Waals surface area contributed by atoms with Gasteiger partial charge >= 0.3 is 0 Å². The van der Waals surface area contributed by atoms with Crippen LogP contribution in [0, 0.1) is 11.8 Å². The van der Waals surface area contributed by atoms with Gasteiger partial charge in [0.05, 0.1) is 0 Å². The molecule has 1 aliphatic carbocycles. The molecule has 2 aromatic carbocycles. The SMILES string of the molecule is CC(C)c1ccc(NC(=O)C2CCC(C(=O)N(C)Cc3ccccc3)CC2)cc1. The van der Waals surface area contributed by atoms with Gasteiger partial charge in [0, 0.05) is 31.1 Å². The number of rotatable bonds is 6. The molecule has 0 aromatic heterocycles. The molecule has 154 valence electrons. The molecule has 0 atom stereocenters. The predicted octanol–water partition coefficient (Wildman–Crippen LogP) is 5.21. The van der Waals surface area contributed by atoms with E-state index in [0.717, 1.165) is 36.9 Å². The molecule has 0 radical (unpaired) electrons. The zero-order chi connectivity index (χ0) is 20.8. The van der Waals surface area contributed by atoms with Gasteiger partial charge in [-0.05, 0) is 54.9 Å². The van der Waals surface area contributed by atoms with Gasteiger partial charge in [-0.3, -0.25) is 9.59 Å². The van der Waals surface area contributed by atoms with E-state index in [9.17, 15) is 9.59 Å². The first-order chi connectivity index (χ1) is 13.9. The van der Waals surface area contributed by atoms with E-state index in [1.807, 2.05) is 54.4 Å². The van der Waals surface area contributed by atoms with Crippen molar-refractivity contribution in [1.29, 1.82) is 0 Å². The maximum absolute atomic E-state index is 12.8. The summed E-state index contributed by atoms with van der Waals surface area (Å²) in [6, 6.07) is 18.1. The highest BCUT2D eigenvalue weighted by atomic mass is 16.2. The topological polar surface area (TPSA) is 49.4 Å². The van der Waals surface area contributed by atoms with Crippen molar-refractivity contribution in [2.75, 3.05) is 12.4 Å². The normalized spacial score (nSPS) is 19.0. The summed E-state index contributed by atoms with van der Waals surface area (Å²) in [5.74, 6) is 0.761. The number of anilines is 1. The number of hydrogen-bond acceptors (Lipinski definition) is 2. The van der Waals surface area contributed by atoms with Crippen LogP contribution in [0.2, 0.25) is 0 Å². The second-order valence-electron chi connectivity index (χ2n) is 8.49. The quantitative estimate of drug-likeness (QED) is 0.733. The van der Waals surface area contributed by atoms with Crippen LogP contribution in [0.5, 0.6) is 0 Å². The van der Waals surface area contributed by atoms with E-state index >= 15 is 0 Å². The third kappa shape index (κ3) is 5.69. The number of nitrogens with one attached hydrogen (secondary N) is 1. The van der Waals surface area contributed by atoms with Gasteiger partial charge < -0.3 is 10.2 Å². The Hall–Kier alpha value is -2.62. The predicted molar refractivity (Wildman–Crippen MR) is 118 cm³/mol. The van der Waals surface area contributed by atoms with Gasteiger partial charge in [0.1, 0.15) is 0 Å². The van der Waals surface area contributed by atoms with Crippen LogP contribution in [0.15, 0.2) is 54.6 Å². The summed E-state index contributed by atoms with van der Waals surface area (Å²) in [5, 5.41) is 3.04. The molecule has 4 heteroatoms. The molecule has 1 fully saturated rings. The highest BCUT2D eigenvalue weighted by Crippen LogP contribution is 2.31. The highest BCUT2D eigenvalue weighted by molar-refractivity contribution is 5.92. The minimum atomic E-state index is -0.0109. The molecule has 3 rings (SSSR count). The van der Waals surface area contributed by atoms with E-state index in [4.69, 9.17) is 0 Å². The average molecular weight is 393 g/mol. The Bertz CT molecular complexity index is 806. The van der Waals surface area contributed by atoms with Crippen LogP contribution in [-0.2, 0) is 16.1 Å². The monoisotopic (exact) mass is 392 g/mol. The number of carbonyl (C=O) groups is 2. The molecule has 1 saturated carbocycles. The molecule has 2 aromatic rings. The molecule has 2 amide bonds. The maximum atomic E-state index is 12.8. The van der Waals surface area contributed by atoms with Crippen molar-refractivity contribution in [3.63, 3.8) is 0 Å². The van der Waals surface area contributed by atoms with Gasteiger partial charge in [0.2, 0.25) is 11.8 Å². The summed E-state index contributed by atoms with van der Waals surface area (Å²) in [7, 11) is 1.87. The minimum absolute atomic E-state index is 0.0109. The molecule has 1 aliphatic rings. The summed E-state index contributed by atoms with van der Waals surface area (Å²) < 4.78 is 0. The van der Waals surface area contributed by atoms with E-state index in [1.165, 1.54) is 5.56 Å². The summed E-state index contributed by atoms with van der Waals surface area (Å²) >= 11 is 0. The van der Waals surface area contributed by atoms with Crippen LogP contribution in [-0.4, -0.2) is 23.8 Å². The Kier molecular flexibility index (Phi) is 7.08. The van der Waals surface area contributed by atoms with E-state index in [1.54, 1.807) is 0 Å². The van der Waals surface area contributed by atoms with Crippen LogP contribution in [0.3, 0.4) is 0 Å². The fourth-order valence-corrected chi connectivity index (χ4v) is 4.05. The number of amides is 2. The fraction of sp³-hybridized carbons (Fsp3) is 0.440. The Balaban J connectivity index is 1.47. The van der Waals surface area contributed by atoms with Crippen molar-refractivity contribution < 1.29 is 9.59 Å². The fourth-order valence-electron chi connectivity index (χ4n) is 4.05. The first-order valence-corrected chi connectivity index (χ1v) is 10.6. The Labute approximate surface area is 174 Å². The number of carbonyl (C=O) groups excluding carboxylic acids is 2. The van der Waals surface area contributed by atoms with Crippen LogP contribution >= 0.6 is 0 Å². The van der Waals surface area contributed by atoms with Crippen molar-refractivity contribution >= 4 is 17.5 Å². The molecular weight excluding hydrogens is 360 g/mol. The number of hydrogen-bond donors (Lipinski definition) is 1. The lowest BCUT2D eigenvalue weighted by molar-refractivity contribution is -0.137. The lowest BCUT2D eigenvalue weighted by Crippen LogP contribution is -2.36. The molecule has 29 heavy (non-hydrogen) atoms. The highest BCUT2D eigenvalue weighted by Gasteiger charge is 2.31. The third-order valence-corrected chi connectivity index (χ3v) is 5.93. The second-order valence-corrected chi connectivity index (χ2v) is 8.49. The van der Waals surface area contributed by atoms with Gasteiger partial charge in [0.25, 0.3) is 0 Å². The van der Waals surface area contributed by atoms with Gasteiger partial charge in [-0.2, -0.15) is 0 Å². The molecule has 0 bridgehead atoms. The number of benzene rings is 2.